The lowest BCUT2D eigenvalue weighted by Gasteiger charge is -2.25. The van der Waals surface area contributed by atoms with Crippen molar-refractivity contribution in [2.75, 3.05) is 19.4 Å². The third kappa shape index (κ3) is 4.81. The zero-order chi connectivity index (χ0) is 17.7. The molecule has 0 atom stereocenters. The van der Waals surface area contributed by atoms with Gasteiger partial charge >= 0.3 is 5.97 Å². The van der Waals surface area contributed by atoms with Gasteiger partial charge in [0.25, 0.3) is 0 Å². The summed E-state index contributed by atoms with van der Waals surface area (Å²) in [6.07, 6.45) is 2.66. The smallest absolute Gasteiger partial charge is 0.306 e. The van der Waals surface area contributed by atoms with E-state index in [4.69, 9.17) is 5.11 Å². The summed E-state index contributed by atoms with van der Waals surface area (Å²) >= 11 is 0. The van der Waals surface area contributed by atoms with E-state index in [9.17, 15) is 14.4 Å². The van der Waals surface area contributed by atoms with Crippen molar-refractivity contribution in [1.82, 2.24) is 4.90 Å². The number of nitrogens with one attached hydrogen (secondary N) is 1. The van der Waals surface area contributed by atoms with Gasteiger partial charge in [-0.05, 0) is 43.4 Å². The predicted molar refractivity (Wildman–Crippen MR) is 90.6 cm³/mol. The minimum atomic E-state index is -0.767. The number of rotatable bonds is 5. The molecule has 130 valence electrons. The quantitative estimate of drug-likeness (QED) is 0.865. The summed E-state index contributed by atoms with van der Waals surface area (Å²) in [5, 5.41) is 11.9. The second-order valence-corrected chi connectivity index (χ2v) is 6.54. The number of carboxylic acids is 1. The number of anilines is 1. The first-order valence-electron chi connectivity index (χ1n) is 8.19. The van der Waals surface area contributed by atoms with Crippen LogP contribution in [0, 0.1) is 11.8 Å². The van der Waals surface area contributed by atoms with Gasteiger partial charge in [-0.25, -0.2) is 0 Å². The molecule has 0 unspecified atom stereocenters. The minimum absolute atomic E-state index is 0.0296. The van der Waals surface area contributed by atoms with Crippen LogP contribution in [-0.2, 0) is 20.8 Å². The second-order valence-electron chi connectivity index (χ2n) is 6.54. The molecule has 6 heteroatoms. The second kappa shape index (κ2) is 7.95. The average Bonchev–Trinajstić information content (AvgIpc) is 2.56. The lowest BCUT2D eigenvalue weighted by molar-refractivity contribution is -0.143. The molecular weight excluding hydrogens is 308 g/mol. The van der Waals surface area contributed by atoms with E-state index in [2.05, 4.69) is 5.32 Å². The van der Waals surface area contributed by atoms with Crippen molar-refractivity contribution in [3.63, 3.8) is 0 Å². The van der Waals surface area contributed by atoms with Gasteiger partial charge in [-0.2, -0.15) is 0 Å². The van der Waals surface area contributed by atoms with Crippen LogP contribution in [0.15, 0.2) is 24.3 Å². The molecule has 0 saturated heterocycles. The number of aliphatic carboxylic acids is 1. The monoisotopic (exact) mass is 332 g/mol. The Morgan fingerprint density at radius 2 is 1.58 bits per heavy atom. The van der Waals surface area contributed by atoms with Gasteiger partial charge in [-0.3, -0.25) is 14.4 Å². The molecule has 24 heavy (non-hydrogen) atoms. The van der Waals surface area contributed by atoms with Crippen molar-refractivity contribution in [1.29, 1.82) is 0 Å². The zero-order valence-corrected chi connectivity index (χ0v) is 14.1. The molecule has 0 aliphatic heterocycles. The molecule has 1 aliphatic rings. The van der Waals surface area contributed by atoms with Crippen LogP contribution < -0.4 is 5.32 Å². The molecule has 0 bridgehead atoms. The summed E-state index contributed by atoms with van der Waals surface area (Å²) < 4.78 is 0. The first-order chi connectivity index (χ1) is 11.4. The van der Waals surface area contributed by atoms with Crippen molar-refractivity contribution >= 4 is 23.5 Å². The van der Waals surface area contributed by atoms with Gasteiger partial charge in [0.15, 0.2) is 0 Å². The summed E-state index contributed by atoms with van der Waals surface area (Å²) in [7, 11) is 3.44. The van der Waals surface area contributed by atoms with E-state index < -0.39 is 5.97 Å². The Morgan fingerprint density at radius 3 is 2.08 bits per heavy atom. The Bertz CT molecular complexity index is 602. The van der Waals surface area contributed by atoms with E-state index in [1.165, 1.54) is 0 Å². The number of likely N-dealkylation sites (N-methyl/N-ethyl adjacent to an activating group) is 1. The molecule has 1 aromatic rings. The van der Waals surface area contributed by atoms with E-state index in [1.54, 1.807) is 31.1 Å². The van der Waals surface area contributed by atoms with E-state index in [0.717, 1.165) is 5.56 Å². The molecule has 1 saturated carbocycles. The third-order valence-electron chi connectivity index (χ3n) is 4.52. The third-order valence-corrected chi connectivity index (χ3v) is 4.52. The van der Waals surface area contributed by atoms with Crippen LogP contribution in [-0.4, -0.2) is 41.9 Å². The maximum atomic E-state index is 12.3. The SMILES string of the molecule is CN(C)C(=O)Cc1ccc(NC(=O)C2CCC(C(=O)O)CC2)cc1. The molecule has 0 spiro atoms. The van der Waals surface area contributed by atoms with E-state index >= 15 is 0 Å². The Balaban J connectivity index is 1.86. The fourth-order valence-electron chi connectivity index (χ4n) is 2.89. The molecule has 2 N–H and O–H groups in total. The van der Waals surface area contributed by atoms with Crippen LogP contribution in [0.1, 0.15) is 31.2 Å². The van der Waals surface area contributed by atoms with Crippen LogP contribution in [0.25, 0.3) is 0 Å². The maximum absolute atomic E-state index is 12.3. The van der Waals surface area contributed by atoms with Crippen LogP contribution in [0.3, 0.4) is 0 Å². The number of benzene rings is 1. The minimum Gasteiger partial charge on any atom is -0.481 e. The number of nitrogens with zero attached hydrogens (tertiary/aromatic N) is 1. The number of hydrogen-bond acceptors (Lipinski definition) is 3. The van der Waals surface area contributed by atoms with Crippen LogP contribution in [0.5, 0.6) is 0 Å². The highest BCUT2D eigenvalue weighted by molar-refractivity contribution is 5.92. The number of carboxylic acid groups (broad SMARTS) is 1. The molecule has 2 rings (SSSR count). The summed E-state index contributed by atoms with van der Waals surface area (Å²) in [6.45, 7) is 0. The first kappa shape index (κ1) is 18.0. The van der Waals surface area contributed by atoms with Crippen LogP contribution in [0.4, 0.5) is 5.69 Å². The van der Waals surface area contributed by atoms with E-state index in [-0.39, 0.29) is 23.7 Å². The Morgan fingerprint density at radius 1 is 1.04 bits per heavy atom. The summed E-state index contributed by atoms with van der Waals surface area (Å²) in [4.78, 5) is 36.4. The average molecular weight is 332 g/mol. The van der Waals surface area contributed by atoms with Gasteiger partial charge in [0.1, 0.15) is 0 Å². The molecule has 1 fully saturated rings. The van der Waals surface area contributed by atoms with Gasteiger partial charge in [0, 0.05) is 25.7 Å². The van der Waals surface area contributed by atoms with Crippen molar-refractivity contribution in [3.8, 4) is 0 Å². The molecule has 6 nitrogen and oxygen atoms in total. The van der Waals surface area contributed by atoms with Gasteiger partial charge < -0.3 is 15.3 Å². The summed E-state index contributed by atoms with van der Waals surface area (Å²) in [6, 6.07) is 7.24. The van der Waals surface area contributed by atoms with Gasteiger partial charge in [-0.15, -0.1) is 0 Å². The van der Waals surface area contributed by atoms with Gasteiger partial charge in [0.2, 0.25) is 11.8 Å². The molecular formula is C18H24N2O4. The standard InChI is InChI=1S/C18H24N2O4/c1-20(2)16(21)11-12-3-9-15(10-4-12)19-17(22)13-5-7-14(8-6-13)18(23)24/h3-4,9-10,13-14H,5-8,11H2,1-2H3,(H,19,22)(H,23,24). The highest BCUT2D eigenvalue weighted by Crippen LogP contribution is 2.29. The fraction of sp³-hybridized carbons (Fsp3) is 0.500. The molecule has 1 aliphatic carbocycles. The molecule has 1 aromatic carbocycles. The van der Waals surface area contributed by atoms with Crippen LogP contribution >= 0.6 is 0 Å². The van der Waals surface area contributed by atoms with Gasteiger partial charge in [-0.1, -0.05) is 12.1 Å². The predicted octanol–water partition coefficient (Wildman–Crippen LogP) is 2.15. The zero-order valence-electron chi connectivity index (χ0n) is 14.1. The lowest BCUT2D eigenvalue weighted by Crippen LogP contribution is -2.29. The molecule has 0 aromatic heterocycles. The summed E-state index contributed by atoms with van der Waals surface area (Å²) in [5.41, 5.74) is 1.59. The number of amides is 2. The fourth-order valence-corrected chi connectivity index (χ4v) is 2.89. The highest BCUT2D eigenvalue weighted by atomic mass is 16.4. The molecule has 0 radical (unpaired) electrons. The lowest BCUT2D eigenvalue weighted by atomic mass is 9.81. The van der Waals surface area contributed by atoms with Crippen molar-refractivity contribution in [3.05, 3.63) is 29.8 Å². The van der Waals surface area contributed by atoms with Crippen LogP contribution in [0.2, 0.25) is 0 Å². The van der Waals surface area contributed by atoms with Crippen molar-refractivity contribution in [2.45, 2.75) is 32.1 Å². The topological polar surface area (TPSA) is 86.7 Å². The molecule has 0 heterocycles. The largest absolute Gasteiger partial charge is 0.481 e. The number of hydrogen-bond donors (Lipinski definition) is 2. The molecule has 2 amide bonds. The Hall–Kier alpha value is -2.37. The maximum Gasteiger partial charge on any atom is 0.306 e. The normalized spacial score (nSPS) is 20.2. The Kier molecular flexibility index (Phi) is 5.95. The van der Waals surface area contributed by atoms with Crippen molar-refractivity contribution in [2.24, 2.45) is 11.8 Å². The van der Waals surface area contributed by atoms with Gasteiger partial charge in [0.05, 0.1) is 12.3 Å². The van der Waals surface area contributed by atoms with E-state index in [1.807, 2.05) is 12.1 Å². The number of carbonyl (C=O) groups excluding carboxylic acids is 2. The first-order valence-corrected chi connectivity index (χ1v) is 8.19. The van der Waals surface area contributed by atoms with E-state index in [0.29, 0.717) is 37.8 Å². The Labute approximate surface area is 141 Å². The highest BCUT2D eigenvalue weighted by Gasteiger charge is 2.29. The number of carbonyl (C=O) groups is 3. The summed E-state index contributed by atoms with van der Waals surface area (Å²) in [5.74, 6) is -1.24. The van der Waals surface area contributed by atoms with Crippen molar-refractivity contribution < 1.29 is 19.5 Å².